The molecule has 6 heteroatoms. The van der Waals surface area contributed by atoms with E-state index < -0.39 is 5.97 Å². The highest BCUT2D eigenvalue weighted by molar-refractivity contribution is 9.11. The van der Waals surface area contributed by atoms with E-state index in [0.29, 0.717) is 14.5 Å². The number of rotatable bonds is 2. The van der Waals surface area contributed by atoms with Crippen molar-refractivity contribution in [2.75, 3.05) is 7.11 Å². The van der Waals surface area contributed by atoms with E-state index >= 15 is 0 Å². The van der Waals surface area contributed by atoms with E-state index in [2.05, 4.69) is 36.6 Å². The van der Waals surface area contributed by atoms with Gasteiger partial charge < -0.3 is 9.84 Å². The molecule has 1 aromatic rings. The van der Waals surface area contributed by atoms with Gasteiger partial charge in [0.1, 0.15) is 17.4 Å². The molecule has 0 radical (unpaired) electrons. The molecule has 0 spiro atoms. The van der Waals surface area contributed by atoms with Crippen LogP contribution < -0.4 is 0 Å². The molecule has 1 rings (SSSR count). The number of nitrogens with zero attached hydrogens (tertiary/aromatic N) is 1. The van der Waals surface area contributed by atoms with E-state index in [1.54, 1.807) is 18.2 Å². The third-order valence-electron chi connectivity index (χ3n) is 1.88. The van der Waals surface area contributed by atoms with Gasteiger partial charge >= 0.3 is 5.97 Å². The molecule has 0 aromatic heterocycles. The van der Waals surface area contributed by atoms with Crippen molar-refractivity contribution < 1.29 is 14.6 Å². The highest BCUT2D eigenvalue weighted by Gasteiger charge is 2.12. The lowest BCUT2D eigenvalue weighted by molar-refractivity contribution is -0.135. The summed E-state index contributed by atoms with van der Waals surface area (Å²) in [4.78, 5) is 11.2. The number of esters is 1. The number of ether oxygens (including phenoxy) is 1. The maximum atomic E-state index is 11.2. The van der Waals surface area contributed by atoms with Crippen molar-refractivity contribution in [1.29, 1.82) is 5.26 Å². The average Bonchev–Trinajstić information content (AvgIpc) is 2.30. The lowest BCUT2D eigenvalue weighted by Gasteiger charge is -2.04. The van der Waals surface area contributed by atoms with Crippen LogP contribution in [0.5, 0.6) is 5.75 Å². The van der Waals surface area contributed by atoms with Gasteiger partial charge in [-0.15, -0.1) is 0 Å². The number of carbonyl (C=O) groups is 1. The minimum absolute atomic E-state index is 0.0511. The maximum absolute atomic E-state index is 11.2. The Balaban J connectivity index is 3.31. The summed E-state index contributed by atoms with van der Waals surface area (Å²) in [5, 5.41) is 18.5. The zero-order valence-corrected chi connectivity index (χ0v) is 11.9. The maximum Gasteiger partial charge on any atom is 0.348 e. The summed E-state index contributed by atoms with van der Waals surface area (Å²) in [5.74, 6) is -0.798. The highest BCUT2D eigenvalue weighted by atomic mass is 79.9. The normalized spacial score (nSPS) is 10.8. The Morgan fingerprint density at radius 2 is 2.18 bits per heavy atom. The number of methoxy groups -OCH3 is 1. The summed E-state index contributed by atoms with van der Waals surface area (Å²) in [6, 6.07) is 4.95. The molecule has 0 saturated heterocycles. The zero-order valence-electron chi connectivity index (χ0n) is 8.70. The van der Waals surface area contributed by atoms with E-state index in [1.165, 1.54) is 13.2 Å². The van der Waals surface area contributed by atoms with E-state index in [4.69, 9.17) is 5.26 Å². The molecule has 0 unspecified atom stereocenters. The fourth-order valence-electron chi connectivity index (χ4n) is 1.10. The van der Waals surface area contributed by atoms with Crippen molar-refractivity contribution in [1.82, 2.24) is 0 Å². The van der Waals surface area contributed by atoms with Crippen molar-refractivity contribution in [3.63, 3.8) is 0 Å². The number of phenols is 1. The third kappa shape index (κ3) is 3.32. The molecule has 0 aliphatic carbocycles. The van der Waals surface area contributed by atoms with Crippen LogP contribution in [0.4, 0.5) is 0 Å². The minimum atomic E-state index is -0.747. The van der Waals surface area contributed by atoms with Crippen LogP contribution in [-0.2, 0) is 9.53 Å². The number of benzene rings is 1. The summed E-state index contributed by atoms with van der Waals surface area (Å²) in [6.45, 7) is 0. The second-order valence-electron chi connectivity index (χ2n) is 2.99. The predicted molar refractivity (Wildman–Crippen MR) is 69.1 cm³/mol. The molecule has 0 heterocycles. The fourth-order valence-corrected chi connectivity index (χ4v) is 2.36. The summed E-state index contributed by atoms with van der Waals surface area (Å²) in [6.07, 6.45) is 1.26. The average molecular weight is 361 g/mol. The van der Waals surface area contributed by atoms with Gasteiger partial charge in [-0.1, -0.05) is 15.9 Å². The smallest absolute Gasteiger partial charge is 0.348 e. The first-order valence-corrected chi connectivity index (χ1v) is 5.96. The van der Waals surface area contributed by atoms with Crippen LogP contribution in [0, 0.1) is 11.3 Å². The Morgan fingerprint density at radius 1 is 1.53 bits per heavy atom. The molecular formula is C11H7Br2NO3. The Bertz CT molecular complexity index is 532. The molecule has 4 nitrogen and oxygen atoms in total. The monoisotopic (exact) mass is 359 g/mol. The Kier molecular flexibility index (Phi) is 4.73. The summed E-state index contributed by atoms with van der Waals surface area (Å²) in [5.41, 5.74) is 0.154. The molecule has 0 bridgehead atoms. The van der Waals surface area contributed by atoms with Crippen molar-refractivity contribution in [2.45, 2.75) is 0 Å². The number of hydrogen-bond donors (Lipinski definition) is 1. The number of phenolic OH excluding ortho intramolecular Hbond substituents is 1. The second kappa shape index (κ2) is 5.84. The molecule has 1 aromatic carbocycles. The van der Waals surface area contributed by atoms with Crippen molar-refractivity contribution >= 4 is 43.9 Å². The topological polar surface area (TPSA) is 70.3 Å². The van der Waals surface area contributed by atoms with Crippen LogP contribution in [0.15, 0.2) is 26.7 Å². The fraction of sp³-hybridized carbons (Fsp3) is 0.0909. The second-order valence-corrected chi connectivity index (χ2v) is 4.76. The van der Waals surface area contributed by atoms with Crippen molar-refractivity contribution in [3.05, 3.63) is 32.2 Å². The standard InChI is InChI=1S/C11H7Br2NO3/c1-17-11(16)7(5-14)2-6-3-8(12)4-9(13)10(6)15/h2-4,15H,1H3/b7-2+. The Morgan fingerprint density at radius 3 is 2.71 bits per heavy atom. The number of halogens is 2. The summed E-state index contributed by atoms with van der Waals surface area (Å²) in [7, 11) is 1.18. The molecule has 0 aliphatic rings. The number of carbonyl (C=O) groups excluding carboxylic acids is 1. The van der Waals surface area contributed by atoms with Crippen LogP contribution >= 0.6 is 31.9 Å². The van der Waals surface area contributed by atoms with E-state index in [9.17, 15) is 9.90 Å². The van der Waals surface area contributed by atoms with E-state index in [0.717, 1.165) is 0 Å². The highest BCUT2D eigenvalue weighted by Crippen LogP contribution is 2.33. The first kappa shape index (κ1) is 13.7. The predicted octanol–water partition coefficient (Wildman–Crippen LogP) is 3.00. The zero-order chi connectivity index (χ0) is 13.0. The van der Waals surface area contributed by atoms with Crippen molar-refractivity contribution in [2.24, 2.45) is 0 Å². The molecule has 0 saturated carbocycles. The number of hydrogen-bond acceptors (Lipinski definition) is 4. The molecule has 0 atom stereocenters. The Labute approximate surface area is 115 Å². The van der Waals surface area contributed by atoms with E-state index in [-0.39, 0.29) is 11.3 Å². The largest absolute Gasteiger partial charge is 0.506 e. The molecule has 0 fully saturated rings. The van der Waals surface area contributed by atoms with Crippen LogP contribution in [0.1, 0.15) is 5.56 Å². The van der Waals surface area contributed by atoms with Gasteiger partial charge in [-0.25, -0.2) is 4.79 Å². The first-order chi connectivity index (χ1) is 7.99. The molecule has 0 amide bonds. The van der Waals surface area contributed by atoms with Gasteiger partial charge in [0.25, 0.3) is 0 Å². The molecule has 88 valence electrons. The minimum Gasteiger partial charge on any atom is -0.506 e. The molecule has 1 N–H and O–H groups in total. The molecule has 17 heavy (non-hydrogen) atoms. The summed E-state index contributed by atoms with van der Waals surface area (Å²) < 4.78 is 5.60. The lowest BCUT2D eigenvalue weighted by atomic mass is 10.1. The van der Waals surface area contributed by atoms with E-state index in [1.807, 2.05) is 0 Å². The van der Waals surface area contributed by atoms with Gasteiger partial charge in [0.2, 0.25) is 0 Å². The Hall–Kier alpha value is -1.32. The van der Waals surface area contributed by atoms with Crippen molar-refractivity contribution in [3.8, 4) is 11.8 Å². The third-order valence-corrected chi connectivity index (χ3v) is 2.95. The van der Waals surface area contributed by atoms with Gasteiger partial charge in [-0.3, -0.25) is 0 Å². The van der Waals surface area contributed by atoms with Crippen LogP contribution in [-0.4, -0.2) is 18.2 Å². The van der Waals surface area contributed by atoms with Gasteiger partial charge in [0.15, 0.2) is 0 Å². The molecule has 0 aliphatic heterocycles. The number of nitriles is 1. The SMILES string of the molecule is COC(=O)/C(C#N)=C/c1cc(Br)cc(Br)c1O. The quantitative estimate of drug-likeness (QED) is 0.500. The van der Waals surface area contributed by atoms with Gasteiger partial charge in [0, 0.05) is 10.0 Å². The van der Waals surface area contributed by atoms with Crippen LogP contribution in [0.2, 0.25) is 0 Å². The lowest BCUT2D eigenvalue weighted by Crippen LogP contribution is -2.02. The van der Waals surface area contributed by atoms with Crippen LogP contribution in [0.25, 0.3) is 6.08 Å². The summed E-state index contributed by atoms with van der Waals surface area (Å²) >= 11 is 6.40. The van der Waals surface area contributed by atoms with Gasteiger partial charge in [-0.2, -0.15) is 5.26 Å². The first-order valence-electron chi connectivity index (χ1n) is 4.37. The molecular weight excluding hydrogens is 354 g/mol. The van der Waals surface area contributed by atoms with Gasteiger partial charge in [-0.05, 0) is 34.1 Å². The van der Waals surface area contributed by atoms with Gasteiger partial charge in [0.05, 0.1) is 11.6 Å². The number of aromatic hydroxyl groups is 1. The van der Waals surface area contributed by atoms with Crippen LogP contribution in [0.3, 0.4) is 0 Å².